The van der Waals surface area contributed by atoms with Gasteiger partial charge in [0.1, 0.15) is 11.4 Å². The van der Waals surface area contributed by atoms with Gasteiger partial charge in [-0.1, -0.05) is 0 Å². The maximum absolute atomic E-state index is 13.2. The van der Waals surface area contributed by atoms with Crippen molar-refractivity contribution >= 4 is 5.91 Å². The van der Waals surface area contributed by atoms with E-state index in [-0.39, 0.29) is 24.4 Å². The number of nitrogens with one attached hydrogen (secondary N) is 1. The normalized spacial score (nSPS) is 12.1. The van der Waals surface area contributed by atoms with Crippen LogP contribution in [0.4, 0.5) is 4.39 Å². The second-order valence-corrected chi connectivity index (χ2v) is 5.42. The lowest BCUT2D eigenvalue weighted by atomic mass is 10.2. The minimum absolute atomic E-state index is 0.156. The minimum atomic E-state index is -0.371. The van der Waals surface area contributed by atoms with Crippen LogP contribution in [-0.2, 0) is 0 Å². The third-order valence-corrected chi connectivity index (χ3v) is 3.56. The molecule has 0 bridgehead atoms. The smallest absolute Gasteiger partial charge is 0.257 e. The number of carbonyl (C=O) groups is 1. The highest BCUT2D eigenvalue weighted by Crippen LogP contribution is 2.20. The molecule has 0 radical (unpaired) electrons. The number of benzene rings is 1. The van der Waals surface area contributed by atoms with Crippen LogP contribution in [-0.4, -0.2) is 38.0 Å². The van der Waals surface area contributed by atoms with Gasteiger partial charge in [-0.25, -0.2) is 9.07 Å². The molecule has 2 aromatic heterocycles. The molecule has 1 unspecified atom stereocenters. The van der Waals surface area contributed by atoms with Crippen LogP contribution >= 0.6 is 0 Å². The number of hydrogen-bond donors (Lipinski definition) is 2. The number of amides is 1. The van der Waals surface area contributed by atoms with E-state index < -0.39 is 0 Å². The fourth-order valence-electron chi connectivity index (χ4n) is 2.34. The van der Waals surface area contributed by atoms with Crippen molar-refractivity contribution in [2.24, 2.45) is 0 Å². The first kappa shape index (κ1) is 15.9. The molecule has 124 valence electrons. The number of aliphatic hydroxyl groups is 1. The molecule has 2 N–H and O–H groups in total. The number of aliphatic hydroxyl groups excluding tert-OH is 1. The summed E-state index contributed by atoms with van der Waals surface area (Å²) in [6.07, 6.45) is 5.05. The Bertz CT molecular complexity index is 825. The van der Waals surface area contributed by atoms with Gasteiger partial charge in [-0.15, -0.1) is 0 Å². The van der Waals surface area contributed by atoms with Gasteiger partial charge < -0.3 is 15.0 Å². The molecule has 1 atom stereocenters. The van der Waals surface area contributed by atoms with Gasteiger partial charge in [-0.05, 0) is 43.3 Å². The average molecular weight is 328 g/mol. The lowest BCUT2D eigenvalue weighted by Crippen LogP contribution is -2.35. The number of carbonyl (C=O) groups excluding carboxylic acids is 1. The zero-order valence-corrected chi connectivity index (χ0v) is 13.1. The van der Waals surface area contributed by atoms with Crippen LogP contribution in [0.5, 0.6) is 0 Å². The number of nitrogens with zero attached hydrogens (tertiary/aromatic N) is 3. The highest BCUT2D eigenvalue weighted by Gasteiger charge is 2.20. The molecule has 1 amide bonds. The van der Waals surface area contributed by atoms with Gasteiger partial charge in [0.05, 0.1) is 18.5 Å². The van der Waals surface area contributed by atoms with Crippen molar-refractivity contribution in [3.05, 3.63) is 66.4 Å². The van der Waals surface area contributed by atoms with Crippen LogP contribution in [0.3, 0.4) is 0 Å². The van der Waals surface area contributed by atoms with E-state index in [1.54, 1.807) is 40.7 Å². The van der Waals surface area contributed by atoms with Crippen LogP contribution in [0.1, 0.15) is 17.3 Å². The van der Waals surface area contributed by atoms with Gasteiger partial charge in [0.25, 0.3) is 5.91 Å². The van der Waals surface area contributed by atoms with E-state index in [9.17, 15) is 9.18 Å². The lowest BCUT2D eigenvalue weighted by molar-refractivity contribution is 0.0922. The highest BCUT2D eigenvalue weighted by molar-refractivity contribution is 5.97. The minimum Gasteiger partial charge on any atom is -0.394 e. The molecular formula is C17H17FN4O2. The van der Waals surface area contributed by atoms with E-state index >= 15 is 0 Å². The van der Waals surface area contributed by atoms with Crippen molar-refractivity contribution in [1.82, 2.24) is 19.7 Å². The van der Waals surface area contributed by atoms with E-state index in [1.165, 1.54) is 18.3 Å². The predicted molar refractivity (Wildman–Crippen MR) is 86.9 cm³/mol. The van der Waals surface area contributed by atoms with Crippen molar-refractivity contribution in [2.75, 3.05) is 6.61 Å². The molecule has 3 aromatic rings. The predicted octanol–water partition coefficient (Wildman–Crippen LogP) is 1.91. The Hall–Kier alpha value is -2.93. The van der Waals surface area contributed by atoms with E-state index in [4.69, 9.17) is 5.11 Å². The maximum atomic E-state index is 13.2. The molecule has 0 saturated heterocycles. The second-order valence-electron chi connectivity index (χ2n) is 5.42. The average Bonchev–Trinajstić information content (AvgIpc) is 3.24. The summed E-state index contributed by atoms with van der Waals surface area (Å²) in [5.74, 6) is -0.147. The summed E-state index contributed by atoms with van der Waals surface area (Å²) in [5, 5.41) is 16.1. The summed E-state index contributed by atoms with van der Waals surface area (Å²) in [4.78, 5) is 12.5. The van der Waals surface area contributed by atoms with Gasteiger partial charge in [-0.2, -0.15) is 5.10 Å². The summed E-state index contributed by atoms with van der Waals surface area (Å²) >= 11 is 0. The molecule has 2 heterocycles. The van der Waals surface area contributed by atoms with Gasteiger partial charge >= 0.3 is 0 Å². The number of hydrogen-bond acceptors (Lipinski definition) is 3. The van der Waals surface area contributed by atoms with Gasteiger partial charge in [-0.3, -0.25) is 4.79 Å². The molecule has 3 rings (SSSR count). The topological polar surface area (TPSA) is 72.1 Å². The molecular weight excluding hydrogens is 311 g/mol. The Kier molecular flexibility index (Phi) is 4.43. The molecule has 6 nitrogen and oxygen atoms in total. The molecule has 0 saturated carbocycles. The summed E-state index contributed by atoms with van der Waals surface area (Å²) in [6, 6.07) is 9.15. The first-order chi connectivity index (χ1) is 11.6. The Labute approximate surface area is 138 Å². The van der Waals surface area contributed by atoms with Crippen LogP contribution in [0, 0.1) is 5.82 Å². The zero-order chi connectivity index (χ0) is 17.1. The fraction of sp³-hybridized carbons (Fsp3) is 0.176. The molecule has 0 aliphatic rings. The standard InChI is InChI=1S/C17H17FN4O2/c1-12(11-23)20-16(24)15-10-19-22(14-6-4-13(18)5-7-14)17(15)21-8-2-3-9-21/h2-10,12,23H,11H2,1H3,(H,20,24). The molecule has 1 aromatic carbocycles. The third-order valence-electron chi connectivity index (χ3n) is 3.56. The number of aromatic nitrogens is 3. The van der Waals surface area contributed by atoms with Crippen molar-refractivity contribution in [3.63, 3.8) is 0 Å². The van der Waals surface area contributed by atoms with Crippen LogP contribution < -0.4 is 5.32 Å². The third kappa shape index (κ3) is 3.07. The molecule has 24 heavy (non-hydrogen) atoms. The van der Waals surface area contributed by atoms with Crippen LogP contribution in [0.15, 0.2) is 55.0 Å². The molecule has 0 aliphatic heterocycles. The quantitative estimate of drug-likeness (QED) is 0.751. The maximum Gasteiger partial charge on any atom is 0.257 e. The zero-order valence-electron chi connectivity index (χ0n) is 13.1. The number of rotatable bonds is 5. The van der Waals surface area contributed by atoms with Crippen molar-refractivity contribution in [2.45, 2.75) is 13.0 Å². The summed E-state index contributed by atoms with van der Waals surface area (Å²) in [6.45, 7) is 1.55. The summed E-state index contributed by atoms with van der Waals surface area (Å²) < 4.78 is 16.5. The first-order valence-corrected chi connectivity index (χ1v) is 7.49. The van der Waals surface area contributed by atoms with Crippen LogP contribution in [0.25, 0.3) is 11.5 Å². The monoisotopic (exact) mass is 328 g/mol. The van der Waals surface area contributed by atoms with E-state index in [0.717, 1.165) is 0 Å². The summed E-state index contributed by atoms with van der Waals surface area (Å²) in [7, 11) is 0. The Balaban J connectivity index is 2.08. The van der Waals surface area contributed by atoms with E-state index in [1.807, 2.05) is 12.1 Å². The van der Waals surface area contributed by atoms with Gasteiger partial charge in [0, 0.05) is 18.4 Å². The first-order valence-electron chi connectivity index (χ1n) is 7.49. The van der Waals surface area contributed by atoms with Gasteiger partial charge in [0.2, 0.25) is 0 Å². The van der Waals surface area contributed by atoms with E-state index in [2.05, 4.69) is 10.4 Å². The SMILES string of the molecule is CC(CO)NC(=O)c1cnn(-c2ccc(F)cc2)c1-n1cccc1. The number of halogens is 1. The Morgan fingerprint density at radius 2 is 1.96 bits per heavy atom. The molecule has 0 aliphatic carbocycles. The largest absolute Gasteiger partial charge is 0.394 e. The molecule has 0 spiro atoms. The summed E-state index contributed by atoms with van der Waals surface area (Å²) in [5.41, 5.74) is 0.991. The van der Waals surface area contributed by atoms with Crippen LogP contribution in [0.2, 0.25) is 0 Å². The second kappa shape index (κ2) is 6.67. The Morgan fingerprint density at radius 3 is 2.58 bits per heavy atom. The Morgan fingerprint density at radius 1 is 1.29 bits per heavy atom. The fourth-order valence-corrected chi connectivity index (χ4v) is 2.34. The lowest BCUT2D eigenvalue weighted by Gasteiger charge is -2.13. The van der Waals surface area contributed by atoms with Gasteiger partial charge in [0.15, 0.2) is 5.82 Å². The van der Waals surface area contributed by atoms with E-state index in [0.29, 0.717) is 17.1 Å². The van der Waals surface area contributed by atoms with Crippen molar-refractivity contribution in [1.29, 1.82) is 0 Å². The highest BCUT2D eigenvalue weighted by atomic mass is 19.1. The van der Waals surface area contributed by atoms with Crippen molar-refractivity contribution in [3.8, 4) is 11.5 Å². The molecule has 7 heteroatoms. The van der Waals surface area contributed by atoms with Crippen molar-refractivity contribution < 1.29 is 14.3 Å². The molecule has 0 fully saturated rings.